The van der Waals surface area contributed by atoms with Crippen molar-refractivity contribution >= 4 is 0 Å². The van der Waals surface area contributed by atoms with Crippen LogP contribution in [0.25, 0.3) is 0 Å². The van der Waals surface area contributed by atoms with Crippen LogP contribution in [0.15, 0.2) is 12.1 Å². The molecule has 0 aromatic heterocycles. The van der Waals surface area contributed by atoms with Gasteiger partial charge >= 0.3 is 0 Å². The largest absolute Gasteiger partial charge is 0.493 e. The zero-order valence-electron chi connectivity index (χ0n) is 8.24. The zero-order chi connectivity index (χ0) is 10.1. The van der Waals surface area contributed by atoms with Gasteiger partial charge in [0.1, 0.15) is 0 Å². The number of methoxy groups -OCH3 is 1. The molecule has 1 heterocycles. The minimum Gasteiger partial charge on any atom is -0.493 e. The molecule has 0 radical (unpaired) electrons. The molecule has 1 atom stereocenters. The first-order valence-corrected chi connectivity index (χ1v) is 4.45. The molecule has 4 nitrogen and oxygen atoms in total. The second-order valence-electron chi connectivity index (χ2n) is 3.25. The minimum atomic E-state index is -0.0431. The van der Waals surface area contributed by atoms with Crippen molar-refractivity contribution in [1.29, 1.82) is 0 Å². The molecule has 0 aliphatic carbocycles. The van der Waals surface area contributed by atoms with Gasteiger partial charge in [0.05, 0.1) is 7.11 Å². The van der Waals surface area contributed by atoms with Crippen molar-refractivity contribution in [2.75, 3.05) is 13.9 Å². The normalized spacial score (nSPS) is 15.4. The topological polar surface area (TPSA) is 53.7 Å². The molecule has 0 saturated heterocycles. The highest BCUT2D eigenvalue weighted by Gasteiger charge is 2.20. The van der Waals surface area contributed by atoms with E-state index in [2.05, 4.69) is 0 Å². The fourth-order valence-electron chi connectivity index (χ4n) is 1.41. The molecule has 1 aromatic carbocycles. The number of ether oxygens (including phenoxy) is 3. The van der Waals surface area contributed by atoms with E-state index in [9.17, 15) is 0 Å². The average Bonchev–Trinajstić information content (AvgIpc) is 2.63. The summed E-state index contributed by atoms with van der Waals surface area (Å²) in [6.45, 7) is 2.16. The van der Waals surface area contributed by atoms with E-state index in [1.807, 2.05) is 19.1 Å². The summed E-state index contributed by atoms with van der Waals surface area (Å²) < 4.78 is 15.7. The van der Waals surface area contributed by atoms with Gasteiger partial charge in [-0.15, -0.1) is 0 Å². The Morgan fingerprint density at radius 3 is 2.86 bits per heavy atom. The molecule has 76 valence electrons. The lowest BCUT2D eigenvalue weighted by Crippen LogP contribution is -2.05. The quantitative estimate of drug-likeness (QED) is 0.775. The highest BCUT2D eigenvalue weighted by atomic mass is 16.7. The molecule has 0 unspecified atom stereocenters. The van der Waals surface area contributed by atoms with Crippen molar-refractivity contribution in [3.8, 4) is 17.2 Å². The van der Waals surface area contributed by atoms with Crippen LogP contribution in [0.1, 0.15) is 18.5 Å². The van der Waals surface area contributed by atoms with Crippen LogP contribution in [-0.4, -0.2) is 13.9 Å². The van der Waals surface area contributed by atoms with Crippen LogP contribution < -0.4 is 19.9 Å². The van der Waals surface area contributed by atoms with Crippen LogP contribution in [-0.2, 0) is 0 Å². The second-order valence-corrected chi connectivity index (χ2v) is 3.25. The fraction of sp³-hybridized carbons (Fsp3) is 0.400. The van der Waals surface area contributed by atoms with Gasteiger partial charge in [0.2, 0.25) is 12.5 Å². The summed E-state index contributed by atoms with van der Waals surface area (Å²) in [6.07, 6.45) is 0. The average molecular weight is 195 g/mol. The van der Waals surface area contributed by atoms with Crippen molar-refractivity contribution in [2.24, 2.45) is 5.73 Å². The molecule has 0 amide bonds. The lowest BCUT2D eigenvalue weighted by atomic mass is 10.1. The number of rotatable bonds is 2. The number of fused-ring (bicyclic) bond motifs is 1. The molecule has 1 aliphatic heterocycles. The van der Waals surface area contributed by atoms with Gasteiger partial charge in [-0.25, -0.2) is 0 Å². The van der Waals surface area contributed by atoms with Gasteiger partial charge in [-0.1, -0.05) is 0 Å². The highest BCUT2D eigenvalue weighted by Crippen LogP contribution is 2.42. The molecule has 0 saturated carbocycles. The standard InChI is InChI=1S/C10H13NO3/c1-6(11)7-3-8(12-2)10-9(4-7)13-5-14-10/h3-4,6H,5,11H2,1-2H3/t6-/m1/s1. The maximum absolute atomic E-state index is 5.78. The molecular weight excluding hydrogens is 182 g/mol. The zero-order valence-corrected chi connectivity index (χ0v) is 8.24. The van der Waals surface area contributed by atoms with Crippen molar-refractivity contribution < 1.29 is 14.2 Å². The first-order valence-electron chi connectivity index (χ1n) is 4.45. The van der Waals surface area contributed by atoms with Gasteiger partial charge in [-0.3, -0.25) is 0 Å². The SMILES string of the molecule is COc1cc([C@@H](C)N)cc2c1OCO2. The summed E-state index contributed by atoms with van der Waals surface area (Å²) in [5, 5.41) is 0. The van der Waals surface area contributed by atoms with Crippen LogP contribution in [0, 0.1) is 0 Å². The smallest absolute Gasteiger partial charge is 0.231 e. The van der Waals surface area contributed by atoms with Crippen LogP contribution in [0.4, 0.5) is 0 Å². The number of nitrogens with two attached hydrogens (primary N) is 1. The van der Waals surface area contributed by atoms with E-state index in [1.165, 1.54) is 0 Å². The lowest BCUT2D eigenvalue weighted by Gasteiger charge is -2.10. The third kappa shape index (κ3) is 1.37. The summed E-state index contributed by atoms with van der Waals surface area (Å²) in [6, 6.07) is 3.71. The van der Waals surface area contributed by atoms with Gasteiger partial charge in [0.25, 0.3) is 0 Å². The Balaban J connectivity index is 2.49. The minimum absolute atomic E-state index is 0.0431. The molecule has 1 aliphatic rings. The fourth-order valence-corrected chi connectivity index (χ4v) is 1.41. The third-order valence-corrected chi connectivity index (χ3v) is 2.21. The number of hydrogen-bond donors (Lipinski definition) is 1. The first-order chi connectivity index (χ1) is 6.72. The highest BCUT2D eigenvalue weighted by molar-refractivity contribution is 5.55. The van der Waals surface area contributed by atoms with E-state index >= 15 is 0 Å². The van der Waals surface area contributed by atoms with Crippen LogP contribution in [0.2, 0.25) is 0 Å². The molecule has 14 heavy (non-hydrogen) atoms. The molecule has 2 N–H and O–H groups in total. The van der Waals surface area contributed by atoms with Crippen LogP contribution in [0.3, 0.4) is 0 Å². The van der Waals surface area contributed by atoms with E-state index < -0.39 is 0 Å². The predicted octanol–water partition coefficient (Wildman–Crippen LogP) is 1.44. The van der Waals surface area contributed by atoms with Crippen molar-refractivity contribution in [3.05, 3.63) is 17.7 Å². The van der Waals surface area contributed by atoms with Gasteiger partial charge in [-0.2, -0.15) is 0 Å². The number of benzene rings is 1. The van der Waals surface area contributed by atoms with Gasteiger partial charge in [-0.05, 0) is 24.6 Å². The maximum Gasteiger partial charge on any atom is 0.231 e. The Bertz CT molecular complexity index is 349. The molecule has 0 fully saturated rings. The van der Waals surface area contributed by atoms with E-state index in [1.54, 1.807) is 7.11 Å². The summed E-state index contributed by atoms with van der Waals surface area (Å²) in [7, 11) is 1.60. The summed E-state index contributed by atoms with van der Waals surface area (Å²) in [5.74, 6) is 2.04. The Morgan fingerprint density at radius 2 is 2.21 bits per heavy atom. The van der Waals surface area contributed by atoms with Gasteiger partial charge in [0.15, 0.2) is 11.5 Å². The van der Waals surface area contributed by atoms with Crippen LogP contribution >= 0.6 is 0 Å². The Morgan fingerprint density at radius 1 is 1.43 bits per heavy atom. The predicted molar refractivity (Wildman–Crippen MR) is 51.7 cm³/mol. The molecule has 4 heteroatoms. The Hall–Kier alpha value is -1.42. The van der Waals surface area contributed by atoms with E-state index in [0.717, 1.165) is 5.56 Å². The molecule has 0 spiro atoms. The molecular formula is C10H13NO3. The molecule has 0 bridgehead atoms. The van der Waals surface area contributed by atoms with E-state index in [4.69, 9.17) is 19.9 Å². The van der Waals surface area contributed by atoms with Crippen molar-refractivity contribution in [3.63, 3.8) is 0 Å². The third-order valence-electron chi connectivity index (χ3n) is 2.21. The van der Waals surface area contributed by atoms with Crippen LogP contribution in [0.5, 0.6) is 17.2 Å². The molecule has 2 rings (SSSR count). The maximum atomic E-state index is 5.78. The summed E-state index contributed by atoms with van der Waals surface area (Å²) in [4.78, 5) is 0. The molecule has 1 aromatic rings. The Kier molecular flexibility index (Phi) is 2.21. The van der Waals surface area contributed by atoms with Crippen molar-refractivity contribution in [1.82, 2.24) is 0 Å². The summed E-state index contributed by atoms with van der Waals surface area (Å²) in [5.41, 5.74) is 6.76. The lowest BCUT2D eigenvalue weighted by molar-refractivity contribution is 0.171. The monoisotopic (exact) mass is 195 g/mol. The van der Waals surface area contributed by atoms with E-state index in [-0.39, 0.29) is 12.8 Å². The van der Waals surface area contributed by atoms with Gasteiger partial charge in [0, 0.05) is 6.04 Å². The summed E-state index contributed by atoms with van der Waals surface area (Å²) >= 11 is 0. The second kappa shape index (κ2) is 3.38. The van der Waals surface area contributed by atoms with Gasteiger partial charge < -0.3 is 19.9 Å². The Labute approximate surface area is 82.6 Å². The first kappa shape index (κ1) is 9.15. The number of hydrogen-bond acceptors (Lipinski definition) is 4. The van der Waals surface area contributed by atoms with Crippen molar-refractivity contribution in [2.45, 2.75) is 13.0 Å². The van der Waals surface area contributed by atoms with E-state index in [0.29, 0.717) is 17.2 Å².